The lowest BCUT2D eigenvalue weighted by Crippen LogP contribution is -2.67. The molecule has 0 radical (unpaired) electrons. The molecule has 1 fully saturated rings. The van der Waals surface area contributed by atoms with Crippen LogP contribution in [0.1, 0.15) is 27.7 Å². The summed E-state index contributed by atoms with van der Waals surface area (Å²) in [5, 5.41) is 15.1. The number of H-pyrrole nitrogens is 1. The van der Waals surface area contributed by atoms with Crippen LogP contribution in [0.4, 0.5) is 0 Å². The largest absolute Gasteiger partial charge is 0.405 e. The van der Waals surface area contributed by atoms with Gasteiger partial charge in [-0.25, -0.2) is 4.79 Å². The number of rotatable bonds is 11. The maximum atomic E-state index is 12.9. The van der Waals surface area contributed by atoms with Gasteiger partial charge < -0.3 is 19.0 Å². The molecule has 1 aliphatic heterocycles. The van der Waals surface area contributed by atoms with Crippen LogP contribution in [0.15, 0.2) is 82.5 Å². The first kappa shape index (κ1) is 31.0. The van der Waals surface area contributed by atoms with Crippen molar-refractivity contribution in [3.8, 4) is 0 Å². The lowest BCUT2D eigenvalue weighted by Gasteiger charge is -2.43. The van der Waals surface area contributed by atoms with Gasteiger partial charge in [0, 0.05) is 26.4 Å². The molecule has 1 saturated heterocycles. The summed E-state index contributed by atoms with van der Waals surface area (Å²) in [5.74, 6) is 0. The molecule has 222 valence electrons. The number of nitrogens with one attached hydrogen (secondary N) is 1. The molecule has 1 aliphatic rings. The number of nitrogens with zero attached hydrogens (tertiary/aromatic N) is 2. The highest BCUT2D eigenvalue weighted by molar-refractivity contribution is 6.99. The molecule has 11 heteroatoms. The van der Waals surface area contributed by atoms with Crippen molar-refractivity contribution >= 4 is 18.7 Å². The summed E-state index contributed by atoms with van der Waals surface area (Å²) in [6.45, 7) is 8.60. The van der Waals surface area contributed by atoms with Gasteiger partial charge in [-0.3, -0.25) is 19.2 Å². The van der Waals surface area contributed by atoms with Crippen molar-refractivity contribution in [2.24, 2.45) is 0 Å². The van der Waals surface area contributed by atoms with E-state index in [4.69, 9.17) is 18.7 Å². The summed E-state index contributed by atoms with van der Waals surface area (Å²) < 4.78 is 20.8. The highest BCUT2D eigenvalue weighted by Crippen LogP contribution is 2.40. The van der Waals surface area contributed by atoms with Crippen LogP contribution in [-0.4, -0.2) is 80.3 Å². The Kier molecular flexibility index (Phi) is 9.49. The van der Waals surface area contributed by atoms with E-state index in [-0.39, 0.29) is 24.9 Å². The summed E-state index contributed by atoms with van der Waals surface area (Å²) in [6.07, 6.45) is -1.58. The Labute approximate surface area is 241 Å². The van der Waals surface area contributed by atoms with Crippen molar-refractivity contribution in [3.05, 3.63) is 93.8 Å². The van der Waals surface area contributed by atoms with Crippen LogP contribution in [0.25, 0.3) is 0 Å². The Morgan fingerprint density at radius 3 is 2.10 bits per heavy atom. The maximum Gasteiger partial charge on any atom is 0.330 e. The number of hydrogen-bond acceptors (Lipinski definition) is 8. The van der Waals surface area contributed by atoms with Crippen molar-refractivity contribution < 1.29 is 23.8 Å². The molecular formula is C30H41N3O7Si. The molecule has 2 heterocycles. The first-order chi connectivity index (χ1) is 19.4. The fraction of sp³-hybridized carbons (Fsp3) is 0.467. The second-order valence-corrected chi connectivity index (χ2v) is 15.9. The lowest BCUT2D eigenvalue weighted by molar-refractivity contribution is -0.176. The van der Waals surface area contributed by atoms with Gasteiger partial charge in [-0.05, 0) is 22.3 Å². The van der Waals surface area contributed by atoms with Gasteiger partial charge in [0.1, 0.15) is 18.3 Å². The van der Waals surface area contributed by atoms with E-state index >= 15 is 0 Å². The van der Waals surface area contributed by atoms with Crippen LogP contribution in [-0.2, 0) is 24.5 Å². The highest BCUT2D eigenvalue weighted by Gasteiger charge is 2.56. The first-order valence-electron chi connectivity index (χ1n) is 13.8. The van der Waals surface area contributed by atoms with E-state index in [0.29, 0.717) is 0 Å². The smallest absolute Gasteiger partial charge is 0.330 e. The van der Waals surface area contributed by atoms with Crippen molar-refractivity contribution in [2.45, 2.75) is 56.8 Å². The first-order valence-corrected chi connectivity index (χ1v) is 15.7. The average Bonchev–Trinajstić information content (AvgIpc) is 3.16. The van der Waals surface area contributed by atoms with E-state index in [1.165, 1.54) is 16.8 Å². The zero-order chi connectivity index (χ0) is 29.8. The number of aliphatic hydroxyl groups excluding tert-OH is 1. The van der Waals surface area contributed by atoms with Crippen molar-refractivity contribution in [1.82, 2.24) is 14.6 Å². The summed E-state index contributed by atoms with van der Waals surface area (Å²) in [7, 11) is 0.590. The third-order valence-electron chi connectivity index (χ3n) is 7.52. The fourth-order valence-electron chi connectivity index (χ4n) is 5.67. The highest BCUT2D eigenvalue weighted by atomic mass is 28.4. The predicted molar refractivity (Wildman–Crippen MR) is 159 cm³/mol. The zero-order valence-corrected chi connectivity index (χ0v) is 25.6. The lowest BCUT2D eigenvalue weighted by atomic mass is 10.0. The van der Waals surface area contributed by atoms with Crippen LogP contribution in [0.3, 0.4) is 0 Å². The second-order valence-electron chi connectivity index (χ2n) is 11.6. The number of aliphatic hydroxyl groups is 1. The third-order valence-corrected chi connectivity index (χ3v) is 12.5. The van der Waals surface area contributed by atoms with Crippen LogP contribution in [0.2, 0.25) is 5.04 Å². The number of aromatic nitrogens is 2. The molecule has 2 N–H and O–H groups in total. The van der Waals surface area contributed by atoms with E-state index in [1.54, 1.807) is 26.1 Å². The zero-order valence-electron chi connectivity index (χ0n) is 24.6. The normalized spacial score (nSPS) is 23.3. The SMILES string of the molecule is CN(C)OCCO[C@@H]1[C@H](O)[C@@H](CO[Si](c2ccccc2)(c2ccccc2)C(C)(C)C)O[C@@]1(C)n1ccc(=O)[nH]c1=O. The van der Waals surface area contributed by atoms with Gasteiger partial charge in [-0.15, -0.1) is 0 Å². The Morgan fingerprint density at radius 2 is 1.59 bits per heavy atom. The Bertz CT molecular complexity index is 1350. The molecule has 0 aliphatic carbocycles. The van der Waals surface area contributed by atoms with Crippen molar-refractivity contribution in [1.29, 1.82) is 0 Å². The molecule has 41 heavy (non-hydrogen) atoms. The summed E-state index contributed by atoms with van der Waals surface area (Å²) >= 11 is 0. The number of hydroxylamine groups is 2. The fourth-order valence-corrected chi connectivity index (χ4v) is 10.2. The Balaban J connectivity index is 1.71. The molecular weight excluding hydrogens is 542 g/mol. The van der Waals surface area contributed by atoms with Crippen LogP contribution >= 0.6 is 0 Å². The van der Waals surface area contributed by atoms with Gasteiger partial charge in [0.15, 0.2) is 5.72 Å². The van der Waals surface area contributed by atoms with E-state index in [9.17, 15) is 14.7 Å². The van der Waals surface area contributed by atoms with E-state index in [2.05, 4.69) is 50.0 Å². The number of hydrogen-bond donors (Lipinski definition) is 2. The van der Waals surface area contributed by atoms with E-state index in [1.807, 2.05) is 36.4 Å². The minimum Gasteiger partial charge on any atom is -0.405 e. The minimum atomic E-state index is -2.93. The number of aromatic amines is 1. The monoisotopic (exact) mass is 583 g/mol. The molecule has 4 atom stereocenters. The van der Waals surface area contributed by atoms with E-state index in [0.717, 1.165) is 10.4 Å². The molecule has 0 unspecified atom stereocenters. The van der Waals surface area contributed by atoms with Crippen LogP contribution in [0.5, 0.6) is 0 Å². The van der Waals surface area contributed by atoms with Gasteiger partial charge in [0.2, 0.25) is 0 Å². The Morgan fingerprint density at radius 1 is 1.00 bits per heavy atom. The van der Waals surface area contributed by atoms with E-state index < -0.39 is 43.6 Å². The predicted octanol–water partition coefficient (Wildman–Crippen LogP) is 1.42. The van der Waals surface area contributed by atoms with Gasteiger partial charge in [-0.1, -0.05) is 81.4 Å². The summed E-state index contributed by atoms with van der Waals surface area (Å²) in [5.41, 5.74) is -2.63. The molecule has 0 amide bonds. The minimum absolute atomic E-state index is 0.0518. The standard InChI is InChI=1S/C30H41N3O7Si/c1-29(2,3)41(22-13-9-7-10-14-22,23-15-11-8-12-16-23)39-21-24-26(35)27(37-19-20-38-32(5)6)30(4,40-24)33-18-17-25(34)31-28(33)36/h7-18,24,26-27,35H,19-21H2,1-6H3,(H,31,34,36)/t24-,26-,27-,30-/m1/s1. The summed E-state index contributed by atoms with van der Waals surface area (Å²) in [6, 6.07) is 21.6. The molecule has 0 spiro atoms. The maximum absolute atomic E-state index is 12.9. The molecule has 2 aromatic carbocycles. The van der Waals surface area contributed by atoms with Crippen LogP contribution < -0.4 is 21.6 Å². The van der Waals surface area contributed by atoms with Gasteiger partial charge >= 0.3 is 5.69 Å². The number of ether oxygens (including phenoxy) is 2. The molecule has 1 aromatic heterocycles. The van der Waals surface area contributed by atoms with Crippen molar-refractivity contribution in [3.63, 3.8) is 0 Å². The molecule has 4 rings (SSSR count). The molecule has 0 saturated carbocycles. The quantitative estimate of drug-likeness (QED) is 0.198. The number of benzene rings is 2. The topological polar surface area (TPSA) is 115 Å². The third kappa shape index (κ3) is 6.31. The second kappa shape index (κ2) is 12.5. The van der Waals surface area contributed by atoms with Crippen molar-refractivity contribution in [2.75, 3.05) is 33.9 Å². The average molecular weight is 584 g/mol. The molecule has 3 aromatic rings. The van der Waals surface area contributed by atoms with Gasteiger partial charge in [-0.2, -0.15) is 5.06 Å². The Hall–Kier alpha value is -2.90. The van der Waals surface area contributed by atoms with Crippen LogP contribution in [0, 0.1) is 0 Å². The van der Waals surface area contributed by atoms with Gasteiger partial charge in [0.05, 0.1) is 19.8 Å². The van der Waals surface area contributed by atoms with Gasteiger partial charge in [0.25, 0.3) is 13.9 Å². The molecule has 0 bridgehead atoms. The molecule has 10 nitrogen and oxygen atoms in total. The summed E-state index contributed by atoms with van der Waals surface area (Å²) in [4.78, 5) is 32.4.